The van der Waals surface area contributed by atoms with Crippen LogP contribution in [0.3, 0.4) is 0 Å². The summed E-state index contributed by atoms with van der Waals surface area (Å²) in [7, 11) is 0. The lowest BCUT2D eigenvalue weighted by Gasteiger charge is -2.43. The van der Waals surface area contributed by atoms with Crippen molar-refractivity contribution in [2.24, 2.45) is 16.8 Å². The molecule has 1 aliphatic carbocycles. The van der Waals surface area contributed by atoms with Crippen LogP contribution in [-0.4, -0.2) is 77.4 Å². The van der Waals surface area contributed by atoms with E-state index in [1.807, 2.05) is 20.8 Å². The summed E-state index contributed by atoms with van der Waals surface area (Å²) in [6, 6.07) is 0.434. The van der Waals surface area contributed by atoms with E-state index in [2.05, 4.69) is 34.2 Å². The number of allylic oxidation sites excluding steroid dienone is 2. The average Bonchev–Trinajstić information content (AvgIpc) is 3.27. The summed E-state index contributed by atoms with van der Waals surface area (Å²) in [6.45, 7) is 8.67. The Balaban J connectivity index is 1.17. The predicted octanol–water partition coefficient (Wildman–Crippen LogP) is 2.89. The van der Waals surface area contributed by atoms with E-state index in [-0.39, 0.29) is 17.6 Å². The molecule has 0 radical (unpaired) electrons. The third-order valence-electron chi connectivity index (χ3n) is 7.40. The number of carbonyl (C=O) groups is 2. The number of piperidine rings is 2. The highest BCUT2D eigenvalue weighted by Gasteiger charge is 2.53. The summed E-state index contributed by atoms with van der Waals surface area (Å²) in [4.78, 5) is 33.2. The number of hydrogen-bond acceptors (Lipinski definition) is 6. The molecule has 5 aliphatic rings. The van der Waals surface area contributed by atoms with Gasteiger partial charge in [-0.25, -0.2) is 4.79 Å². The summed E-state index contributed by atoms with van der Waals surface area (Å²) in [6.07, 6.45) is 11.1. The normalized spacial score (nSPS) is 30.5. The summed E-state index contributed by atoms with van der Waals surface area (Å²) in [5, 5.41) is 0. The Kier molecular flexibility index (Phi) is 5.11. The molecular weight excluding hydrogens is 410 g/mol. The second kappa shape index (κ2) is 7.61. The molecule has 2 atom stereocenters. The maximum absolute atomic E-state index is 12.8. The second-order valence-electron chi connectivity index (χ2n) is 10.6. The van der Waals surface area contributed by atoms with Crippen molar-refractivity contribution in [3.05, 3.63) is 24.3 Å². The summed E-state index contributed by atoms with van der Waals surface area (Å²) in [5.41, 5.74) is -1.61. The van der Waals surface area contributed by atoms with Gasteiger partial charge in [-0.2, -0.15) is 4.99 Å². The van der Waals surface area contributed by atoms with Crippen molar-refractivity contribution in [3.63, 3.8) is 0 Å². The van der Waals surface area contributed by atoms with Gasteiger partial charge in [0, 0.05) is 50.9 Å². The third-order valence-corrected chi connectivity index (χ3v) is 7.40. The topological polar surface area (TPSA) is 80.7 Å². The number of rotatable bonds is 0. The van der Waals surface area contributed by atoms with Crippen molar-refractivity contribution in [3.8, 4) is 0 Å². The molecule has 2 amide bonds. The van der Waals surface area contributed by atoms with Gasteiger partial charge in [0.05, 0.1) is 12.2 Å². The van der Waals surface area contributed by atoms with Gasteiger partial charge < -0.3 is 24.0 Å². The number of amides is 2. The number of nitrogens with zero attached hydrogens (tertiary/aromatic N) is 3. The number of fused-ring (bicyclic) bond motifs is 2. The van der Waals surface area contributed by atoms with E-state index in [4.69, 9.17) is 14.2 Å². The van der Waals surface area contributed by atoms with E-state index in [1.165, 1.54) is 0 Å². The molecule has 4 aliphatic heterocycles. The summed E-state index contributed by atoms with van der Waals surface area (Å²) in [5.74, 6) is 0.659. The van der Waals surface area contributed by atoms with E-state index in [0.717, 1.165) is 32.5 Å². The maximum atomic E-state index is 12.8. The Morgan fingerprint density at radius 3 is 2.47 bits per heavy atom. The van der Waals surface area contributed by atoms with Crippen LogP contribution in [0.2, 0.25) is 0 Å². The minimum atomic E-state index is -0.950. The van der Waals surface area contributed by atoms with E-state index < -0.39 is 11.2 Å². The number of carbonyl (C=O) groups excluding carboxylic acids is 2. The van der Waals surface area contributed by atoms with E-state index in [9.17, 15) is 9.59 Å². The maximum Gasteiger partial charge on any atom is 0.410 e. The van der Waals surface area contributed by atoms with Crippen LogP contribution >= 0.6 is 0 Å². The van der Waals surface area contributed by atoms with Crippen LogP contribution in [0.15, 0.2) is 29.3 Å². The Morgan fingerprint density at radius 1 is 1.09 bits per heavy atom. The minimum absolute atomic E-state index is 0.123. The van der Waals surface area contributed by atoms with Gasteiger partial charge in [0.15, 0.2) is 5.60 Å². The molecule has 0 bridgehead atoms. The van der Waals surface area contributed by atoms with Gasteiger partial charge in [0.2, 0.25) is 0 Å². The van der Waals surface area contributed by atoms with Gasteiger partial charge in [0.25, 0.3) is 11.9 Å². The van der Waals surface area contributed by atoms with Crippen LogP contribution in [0, 0.1) is 11.8 Å². The number of hydrogen-bond donors (Lipinski definition) is 0. The highest BCUT2D eigenvalue weighted by atomic mass is 16.6. The van der Waals surface area contributed by atoms with Crippen LogP contribution < -0.4 is 0 Å². The molecule has 8 nitrogen and oxygen atoms in total. The van der Waals surface area contributed by atoms with Gasteiger partial charge in [-0.05, 0) is 33.6 Å². The molecule has 8 heteroatoms. The fourth-order valence-electron chi connectivity index (χ4n) is 5.55. The smallest absolute Gasteiger partial charge is 0.410 e. The van der Waals surface area contributed by atoms with Crippen molar-refractivity contribution in [2.45, 2.75) is 63.3 Å². The highest BCUT2D eigenvalue weighted by molar-refractivity contribution is 6.01. The number of amidine groups is 1. The Bertz CT molecular complexity index is 871. The molecule has 3 saturated heterocycles. The van der Waals surface area contributed by atoms with Crippen LogP contribution in [0.1, 0.15) is 46.5 Å². The number of likely N-dealkylation sites (tertiary alicyclic amines) is 2. The quantitative estimate of drug-likeness (QED) is 0.573. The SMILES string of the molecule is CC(C)(C)OC(=O)N1CCC2(CC1)OC(N1CCC3(CC1)OCC1C=CC=CC13)=NC2=O. The van der Waals surface area contributed by atoms with Crippen molar-refractivity contribution in [1.82, 2.24) is 9.80 Å². The second-order valence-corrected chi connectivity index (χ2v) is 10.6. The van der Waals surface area contributed by atoms with E-state index in [1.54, 1.807) is 4.90 Å². The molecule has 5 rings (SSSR count). The lowest BCUT2D eigenvalue weighted by atomic mass is 9.74. The van der Waals surface area contributed by atoms with Crippen molar-refractivity contribution < 1.29 is 23.8 Å². The molecule has 174 valence electrons. The summed E-state index contributed by atoms with van der Waals surface area (Å²) >= 11 is 0. The van der Waals surface area contributed by atoms with Gasteiger partial charge in [-0.1, -0.05) is 24.3 Å². The number of aliphatic imine (C=N–C) groups is 1. The third kappa shape index (κ3) is 3.72. The number of ether oxygens (including phenoxy) is 3. The lowest BCUT2D eigenvalue weighted by molar-refractivity contribution is -0.135. The Morgan fingerprint density at radius 2 is 1.78 bits per heavy atom. The first-order chi connectivity index (χ1) is 15.2. The fraction of sp³-hybridized carbons (Fsp3) is 0.708. The minimum Gasteiger partial charge on any atom is -0.448 e. The van der Waals surface area contributed by atoms with Crippen LogP contribution in [-0.2, 0) is 19.0 Å². The Hall–Kier alpha value is -2.35. The molecule has 3 fully saturated rings. The molecule has 4 heterocycles. The average molecular weight is 444 g/mol. The lowest BCUT2D eigenvalue weighted by Crippen LogP contribution is -2.53. The standard InChI is InChI=1S/C24H33N3O5/c1-22(2,3)32-21(29)27-14-10-24(11-15-27)19(28)25-20(31-24)26-12-8-23(9-13-26)18-7-5-4-6-17(18)16-30-23/h4-7,17-18H,8-16H2,1-3H3. The van der Waals surface area contributed by atoms with Crippen LogP contribution in [0.5, 0.6) is 0 Å². The highest BCUT2D eigenvalue weighted by Crippen LogP contribution is 2.46. The molecule has 0 aromatic rings. The predicted molar refractivity (Wildman–Crippen MR) is 118 cm³/mol. The zero-order valence-corrected chi connectivity index (χ0v) is 19.2. The zero-order chi connectivity index (χ0) is 22.6. The molecule has 0 N–H and O–H groups in total. The van der Waals surface area contributed by atoms with Crippen molar-refractivity contribution >= 4 is 18.0 Å². The molecule has 2 spiro atoms. The van der Waals surface area contributed by atoms with Gasteiger partial charge in [-0.3, -0.25) is 4.79 Å². The van der Waals surface area contributed by atoms with Gasteiger partial charge >= 0.3 is 6.09 Å². The van der Waals surface area contributed by atoms with Crippen LogP contribution in [0.25, 0.3) is 0 Å². The van der Waals surface area contributed by atoms with Crippen LogP contribution in [0.4, 0.5) is 4.79 Å². The summed E-state index contributed by atoms with van der Waals surface area (Å²) < 4.78 is 18.0. The van der Waals surface area contributed by atoms with E-state index >= 15 is 0 Å². The molecular formula is C24H33N3O5. The molecule has 0 saturated carbocycles. The molecule has 2 unspecified atom stereocenters. The first kappa shape index (κ1) is 21.5. The largest absolute Gasteiger partial charge is 0.448 e. The molecule has 32 heavy (non-hydrogen) atoms. The van der Waals surface area contributed by atoms with Gasteiger partial charge in [-0.15, -0.1) is 0 Å². The first-order valence-corrected chi connectivity index (χ1v) is 11.7. The molecule has 0 aromatic carbocycles. The Labute approximate surface area is 189 Å². The zero-order valence-electron chi connectivity index (χ0n) is 19.2. The first-order valence-electron chi connectivity index (χ1n) is 11.7. The van der Waals surface area contributed by atoms with Crippen molar-refractivity contribution in [2.75, 3.05) is 32.8 Å². The molecule has 0 aromatic heterocycles. The van der Waals surface area contributed by atoms with Gasteiger partial charge in [0.1, 0.15) is 5.60 Å². The monoisotopic (exact) mass is 443 g/mol. The van der Waals surface area contributed by atoms with E-state index in [0.29, 0.717) is 43.8 Å². The van der Waals surface area contributed by atoms with Crippen molar-refractivity contribution in [1.29, 1.82) is 0 Å². The fourth-order valence-corrected chi connectivity index (χ4v) is 5.55.